The lowest BCUT2D eigenvalue weighted by atomic mass is 10.0. The standard InChI is InChI=1S/C18H16N2O4S/c1-11-5-14-6-12(7-15-9-13(18(21)22)3-4-19-15)8-16(25(2,23)24)17(14)20-10-11/h3-6,8-10H,7H2,1-2H3,(H,21,22). The second kappa shape index (κ2) is 6.25. The number of aryl methyl sites for hydroxylation is 1. The second-order valence-corrected chi connectivity index (χ2v) is 7.95. The Labute approximate surface area is 145 Å². The monoisotopic (exact) mass is 356 g/mol. The van der Waals surface area contributed by atoms with E-state index in [0.717, 1.165) is 22.8 Å². The minimum Gasteiger partial charge on any atom is -0.478 e. The van der Waals surface area contributed by atoms with E-state index in [1.807, 2.05) is 19.1 Å². The molecule has 7 heteroatoms. The zero-order valence-corrected chi connectivity index (χ0v) is 14.5. The number of nitrogens with zero attached hydrogens (tertiary/aromatic N) is 2. The fourth-order valence-corrected chi connectivity index (χ4v) is 3.57. The SMILES string of the molecule is Cc1cnc2c(S(C)(=O)=O)cc(Cc3cc(C(=O)O)ccn3)cc2c1. The summed E-state index contributed by atoms with van der Waals surface area (Å²) in [6.07, 6.45) is 4.54. The summed E-state index contributed by atoms with van der Waals surface area (Å²) in [5.41, 5.74) is 2.79. The highest BCUT2D eigenvalue weighted by molar-refractivity contribution is 7.91. The first-order chi connectivity index (χ1) is 11.7. The summed E-state index contributed by atoms with van der Waals surface area (Å²) >= 11 is 0. The van der Waals surface area contributed by atoms with E-state index in [9.17, 15) is 13.2 Å². The van der Waals surface area contributed by atoms with E-state index < -0.39 is 15.8 Å². The Kier molecular flexibility index (Phi) is 4.26. The maximum atomic E-state index is 12.1. The number of carboxylic acids is 1. The Hall–Kier alpha value is -2.80. The highest BCUT2D eigenvalue weighted by atomic mass is 32.2. The van der Waals surface area contributed by atoms with Crippen LogP contribution in [-0.2, 0) is 16.3 Å². The molecule has 0 saturated carbocycles. The van der Waals surface area contributed by atoms with Gasteiger partial charge in [-0.3, -0.25) is 9.97 Å². The van der Waals surface area contributed by atoms with Crippen LogP contribution in [-0.4, -0.2) is 35.7 Å². The van der Waals surface area contributed by atoms with E-state index in [-0.39, 0.29) is 10.5 Å². The number of rotatable bonds is 4. The molecule has 1 aromatic carbocycles. The van der Waals surface area contributed by atoms with Crippen molar-refractivity contribution >= 4 is 26.7 Å². The van der Waals surface area contributed by atoms with Gasteiger partial charge in [0, 0.05) is 36.2 Å². The van der Waals surface area contributed by atoms with Crippen LogP contribution in [0.15, 0.2) is 47.6 Å². The molecule has 0 fully saturated rings. The summed E-state index contributed by atoms with van der Waals surface area (Å²) in [4.78, 5) is 19.7. The van der Waals surface area contributed by atoms with E-state index in [1.165, 1.54) is 18.3 Å². The number of aromatic nitrogens is 2. The molecule has 0 aliphatic heterocycles. The summed E-state index contributed by atoms with van der Waals surface area (Å²) in [6, 6.07) is 8.22. The number of fused-ring (bicyclic) bond motifs is 1. The smallest absolute Gasteiger partial charge is 0.335 e. The average molecular weight is 356 g/mol. The zero-order chi connectivity index (χ0) is 18.2. The second-order valence-electron chi connectivity index (χ2n) is 5.97. The number of carboxylic acid groups (broad SMARTS) is 1. The lowest BCUT2D eigenvalue weighted by Crippen LogP contribution is -2.03. The molecule has 0 spiro atoms. The Morgan fingerprint density at radius 3 is 2.60 bits per heavy atom. The number of benzene rings is 1. The number of sulfone groups is 1. The third-order valence-corrected chi connectivity index (χ3v) is 4.90. The number of hydrogen-bond acceptors (Lipinski definition) is 5. The minimum atomic E-state index is -3.46. The van der Waals surface area contributed by atoms with Gasteiger partial charge in [-0.15, -0.1) is 0 Å². The molecular formula is C18H16N2O4S. The van der Waals surface area contributed by atoms with Crippen LogP contribution >= 0.6 is 0 Å². The lowest BCUT2D eigenvalue weighted by Gasteiger charge is -2.09. The molecule has 0 unspecified atom stereocenters. The van der Waals surface area contributed by atoms with Gasteiger partial charge in [0.25, 0.3) is 0 Å². The molecule has 2 aromatic heterocycles. The molecular weight excluding hydrogens is 340 g/mol. The summed E-state index contributed by atoms with van der Waals surface area (Å²) in [5.74, 6) is -1.03. The van der Waals surface area contributed by atoms with Crippen molar-refractivity contribution in [1.29, 1.82) is 0 Å². The highest BCUT2D eigenvalue weighted by Gasteiger charge is 2.16. The first kappa shape index (κ1) is 17.0. The number of hydrogen-bond donors (Lipinski definition) is 1. The van der Waals surface area contributed by atoms with Gasteiger partial charge in [0.2, 0.25) is 0 Å². The number of pyridine rings is 2. The zero-order valence-electron chi connectivity index (χ0n) is 13.7. The van der Waals surface area contributed by atoms with E-state index >= 15 is 0 Å². The van der Waals surface area contributed by atoms with E-state index in [0.29, 0.717) is 17.6 Å². The Bertz CT molecular complexity index is 1090. The van der Waals surface area contributed by atoms with Crippen molar-refractivity contribution in [2.24, 2.45) is 0 Å². The van der Waals surface area contributed by atoms with Crippen LogP contribution in [0.4, 0.5) is 0 Å². The summed E-state index contributed by atoms with van der Waals surface area (Å²) < 4.78 is 24.3. The largest absolute Gasteiger partial charge is 0.478 e. The average Bonchev–Trinajstić information content (AvgIpc) is 2.53. The predicted octanol–water partition coefficient (Wildman–Crippen LogP) is 2.63. The summed E-state index contributed by atoms with van der Waals surface area (Å²) in [5, 5.41) is 9.81. The topological polar surface area (TPSA) is 97.2 Å². The van der Waals surface area contributed by atoms with Gasteiger partial charge in [0.1, 0.15) is 0 Å². The van der Waals surface area contributed by atoms with Crippen molar-refractivity contribution in [2.45, 2.75) is 18.2 Å². The molecule has 1 N–H and O–H groups in total. The molecule has 0 radical (unpaired) electrons. The van der Waals surface area contributed by atoms with Crippen LogP contribution in [0, 0.1) is 6.92 Å². The van der Waals surface area contributed by atoms with Crippen molar-refractivity contribution in [3.63, 3.8) is 0 Å². The van der Waals surface area contributed by atoms with Gasteiger partial charge in [-0.05, 0) is 48.4 Å². The number of carbonyl (C=O) groups is 1. The third kappa shape index (κ3) is 3.66. The molecule has 0 aliphatic rings. The van der Waals surface area contributed by atoms with Gasteiger partial charge in [-0.2, -0.15) is 0 Å². The van der Waals surface area contributed by atoms with Crippen molar-refractivity contribution in [1.82, 2.24) is 9.97 Å². The van der Waals surface area contributed by atoms with Crippen molar-refractivity contribution in [2.75, 3.05) is 6.26 Å². The minimum absolute atomic E-state index is 0.145. The fourth-order valence-electron chi connectivity index (χ4n) is 2.69. The van der Waals surface area contributed by atoms with E-state index in [1.54, 1.807) is 12.3 Å². The van der Waals surface area contributed by atoms with E-state index in [2.05, 4.69) is 9.97 Å². The molecule has 3 rings (SSSR count). The maximum Gasteiger partial charge on any atom is 0.335 e. The molecule has 0 amide bonds. The molecule has 0 aliphatic carbocycles. The van der Waals surface area contributed by atoms with Gasteiger partial charge >= 0.3 is 5.97 Å². The summed E-state index contributed by atoms with van der Waals surface area (Å²) in [7, 11) is -3.46. The maximum absolute atomic E-state index is 12.1. The molecule has 0 saturated heterocycles. The molecule has 0 bridgehead atoms. The normalized spacial score (nSPS) is 11.6. The van der Waals surface area contributed by atoms with Crippen LogP contribution < -0.4 is 0 Å². The van der Waals surface area contributed by atoms with Gasteiger partial charge < -0.3 is 5.11 Å². The van der Waals surface area contributed by atoms with Gasteiger partial charge in [0.15, 0.2) is 9.84 Å². The first-order valence-corrected chi connectivity index (χ1v) is 9.41. The highest BCUT2D eigenvalue weighted by Crippen LogP contribution is 2.25. The van der Waals surface area contributed by atoms with Crippen LogP contribution in [0.1, 0.15) is 27.2 Å². The fraction of sp³-hybridized carbons (Fsp3) is 0.167. The van der Waals surface area contributed by atoms with Crippen molar-refractivity contribution in [3.05, 3.63) is 65.1 Å². The predicted molar refractivity (Wildman–Crippen MR) is 93.6 cm³/mol. The number of aromatic carboxylic acids is 1. The molecule has 3 aromatic rings. The van der Waals surface area contributed by atoms with Crippen molar-refractivity contribution < 1.29 is 18.3 Å². The molecule has 2 heterocycles. The van der Waals surface area contributed by atoms with Gasteiger partial charge in [0.05, 0.1) is 16.0 Å². The van der Waals surface area contributed by atoms with E-state index in [4.69, 9.17) is 5.11 Å². The molecule has 0 atom stereocenters. The molecule has 25 heavy (non-hydrogen) atoms. The van der Waals surface area contributed by atoms with Crippen LogP contribution in [0.2, 0.25) is 0 Å². The Morgan fingerprint density at radius 1 is 1.16 bits per heavy atom. The first-order valence-electron chi connectivity index (χ1n) is 7.51. The molecule has 6 nitrogen and oxygen atoms in total. The van der Waals surface area contributed by atoms with Crippen molar-refractivity contribution in [3.8, 4) is 0 Å². The lowest BCUT2D eigenvalue weighted by molar-refractivity contribution is 0.0696. The van der Waals surface area contributed by atoms with Gasteiger partial charge in [-0.25, -0.2) is 13.2 Å². The third-order valence-electron chi connectivity index (χ3n) is 3.79. The Balaban J connectivity index is 2.14. The Morgan fingerprint density at radius 2 is 1.92 bits per heavy atom. The van der Waals surface area contributed by atoms with Crippen LogP contribution in [0.25, 0.3) is 10.9 Å². The van der Waals surface area contributed by atoms with Gasteiger partial charge in [-0.1, -0.05) is 0 Å². The van der Waals surface area contributed by atoms with Crippen LogP contribution in [0.5, 0.6) is 0 Å². The van der Waals surface area contributed by atoms with Crippen LogP contribution in [0.3, 0.4) is 0 Å². The quantitative estimate of drug-likeness (QED) is 0.772. The summed E-state index contributed by atoms with van der Waals surface area (Å²) in [6.45, 7) is 1.89. The molecule has 128 valence electrons.